The summed E-state index contributed by atoms with van der Waals surface area (Å²) in [4.78, 5) is 18.7. The Labute approximate surface area is 126 Å². The van der Waals surface area contributed by atoms with Crippen molar-refractivity contribution in [3.05, 3.63) is 29.1 Å². The van der Waals surface area contributed by atoms with E-state index in [1.165, 1.54) is 30.5 Å². The van der Waals surface area contributed by atoms with Crippen LogP contribution in [0.4, 0.5) is 0 Å². The molecular weight excluding hydrogens is 264 g/mol. The van der Waals surface area contributed by atoms with Gasteiger partial charge in [-0.1, -0.05) is 6.07 Å². The van der Waals surface area contributed by atoms with Gasteiger partial charge in [0.2, 0.25) is 5.91 Å². The first-order valence-electron chi connectivity index (χ1n) is 8.00. The molecule has 3 rings (SSSR count). The number of hydrogen-bond acceptors (Lipinski definition) is 3. The van der Waals surface area contributed by atoms with Crippen LogP contribution in [-0.4, -0.2) is 42.6 Å². The van der Waals surface area contributed by atoms with Crippen LogP contribution in [-0.2, 0) is 28.8 Å². The van der Waals surface area contributed by atoms with Crippen LogP contribution in [0.25, 0.3) is 0 Å². The third-order valence-electron chi connectivity index (χ3n) is 4.59. The molecule has 1 amide bonds. The summed E-state index contributed by atoms with van der Waals surface area (Å²) in [7, 11) is 1.68. The van der Waals surface area contributed by atoms with Crippen molar-refractivity contribution in [3.63, 3.8) is 0 Å². The fraction of sp³-hybridized carbons (Fsp3) is 0.647. The number of amides is 1. The van der Waals surface area contributed by atoms with Gasteiger partial charge in [0.15, 0.2) is 0 Å². The number of aromatic nitrogens is 1. The molecule has 2 heterocycles. The number of aryl methyl sites for hydroxylation is 2. The zero-order chi connectivity index (χ0) is 14.7. The number of carbonyl (C=O) groups is 1. The number of likely N-dealkylation sites (tertiary alicyclic amines) is 1. The quantitative estimate of drug-likeness (QED) is 0.832. The molecule has 4 nitrogen and oxygen atoms in total. The summed E-state index contributed by atoms with van der Waals surface area (Å²) >= 11 is 0. The molecule has 0 unspecified atom stereocenters. The molecule has 0 N–H and O–H groups in total. The maximum absolute atomic E-state index is 12.0. The van der Waals surface area contributed by atoms with Crippen molar-refractivity contribution in [3.8, 4) is 0 Å². The summed E-state index contributed by atoms with van der Waals surface area (Å²) in [6.45, 7) is 2.18. The molecule has 4 heteroatoms. The smallest absolute Gasteiger partial charge is 0.223 e. The predicted octanol–water partition coefficient (Wildman–Crippen LogP) is 2.00. The lowest BCUT2D eigenvalue weighted by Gasteiger charge is -2.17. The van der Waals surface area contributed by atoms with E-state index in [0.29, 0.717) is 25.5 Å². The Balaban J connectivity index is 1.61. The zero-order valence-electron chi connectivity index (χ0n) is 12.8. The summed E-state index contributed by atoms with van der Waals surface area (Å²) in [6.07, 6.45) is 6.42. The summed E-state index contributed by atoms with van der Waals surface area (Å²) in [5, 5.41) is 0. The minimum Gasteiger partial charge on any atom is -0.383 e. The number of ether oxygens (including phenoxy) is 1. The molecule has 0 saturated carbocycles. The highest BCUT2D eigenvalue weighted by Crippen LogP contribution is 2.24. The minimum atomic E-state index is 0.259. The van der Waals surface area contributed by atoms with Crippen LogP contribution in [0.2, 0.25) is 0 Å². The van der Waals surface area contributed by atoms with Gasteiger partial charge in [0.25, 0.3) is 0 Å². The second-order valence-corrected chi connectivity index (χ2v) is 6.22. The molecule has 1 aromatic rings. The van der Waals surface area contributed by atoms with Crippen molar-refractivity contribution in [1.82, 2.24) is 9.88 Å². The van der Waals surface area contributed by atoms with Crippen LogP contribution < -0.4 is 0 Å². The minimum absolute atomic E-state index is 0.259. The van der Waals surface area contributed by atoms with Crippen LogP contribution in [0.5, 0.6) is 0 Å². The van der Waals surface area contributed by atoms with E-state index in [2.05, 4.69) is 12.1 Å². The average molecular weight is 288 g/mol. The summed E-state index contributed by atoms with van der Waals surface area (Å²) in [5.74, 6) is 0.665. The average Bonchev–Trinajstić information content (AvgIpc) is 2.84. The molecule has 1 aliphatic carbocycles. The fourth-order valence-corrected chi connectivity index (χ4v) is 3.45. The van der Waals surface area contributed by atoms with Gasteiger partial charge >= 0.3 is 0 Å². The highest BCUT2D eigenvalue weighted by atomic mass is 16.5. The van der Waals surface area contributed by atoms with Crippen LogP contribution in [0.15, 0.2) is 12.1 Å². The molecule has 0 aromatic carbocycles. The van der Waals surface area contributed by atoms with Crippen LogP contribution in [0.1, 0.15) is 36.2 Å². The first-order chi connectivity index (χ1) is 10.3. The van der Waals surface area contributed by atoms with Crippen molar-refractivity contribution in [2.24, 2.45) is 5.92 Å². The van der Waals surface area contributed by atoms with E-state index in [1.54, 1.807) is 7.11 Å². The molecule has 1 aliphatic heterocycles. The largest absolute Gasteiger partial charge is 0.383 e. The highest BCUT2D eigenvalue weighted by molar-refractivity contribution is 5.78. The maximum Gasteiger partial charge on any atom is 0.223 e. The Bertz CT molecular complexity index is 516. The number of rotatable bonds is 5. The van der Waals surface area contributed by atoms with Crippen LogP contribution in [0.3, 0.4) is 0 Å². The summed E-state index contributed by atoms with van der Waals surface area (Å²) in [5.41, 5.74) is 3.87. The van der Waals surface area contributed by atoms with Crippen LogP contribution in [0, 0.1) is 5.92 Å². The Kier molecular flexibility index (Phi) is 4.54. The van der Waals surface area contributed by atoms with E-state index < -0.39 is 0 Å². The Morgan fingerprint density at radius 2 is 2.19 bits per heavy atom. The lowest BCUT2D eigenvalue weighted by atomic mass is 9.94. The van der Waals surface area contributed by atoms with Crippen molar-refractivity contribution in [2.75, 3.05) is 26.8 Å². The van der Waals surface area contributed by atoms with Gasteiger partial charge in [0.1, 0.15) is 0 Å². The third kappa shape index (κ3) is 3.43. The van der Waals surface area contributed by atoms with E-state index in [0.717, 1.165) is 25.1 Å². The number of nitrogens with zero attached hydrogens (tertiary/aromatic N) is 2. The predicted molar refractivity (Wildman–Crippen MR) is 81.1 cm³/mol. The van der Waals surface area contributed by atoms with Gasteiger partial charge in [0, 0.05) is 38.0 Å². The van der Waals surface area contributed by atoms with Gasteiger partial charge in [-0.2, -0.15) is 0 Å². The Morgan fingerprint density at radius 1 is 1.33 bits per heavy atom. The molecular formula is C17H24N2O2. The van der Waals surface area contributed by atoms with Gasteiger partial charge in [0.05, 0.1) is 6.61 Å². The number of fused-ring (bicyclic) bond motifs is 1. The van der Waals surface area contributed by atoms with E-state index in [9.17, 15) is 4.79 Å². The van der Waals surface area contributed by atoms with Crippen molar-refractivity contribution >= 4 is 5.91 Å². The van der Waals surface area contributed by atoms with Gasteiger partial charge in [-0.05, 0) is 49.7 Å². The summed E-state index contributed by atoms with van der Waals surface area (Å²) in [6, 6.07) is 4.41. The molecule has 1 atom stereocenters. The van der Waals surface area contributed by atoms with E-state index >= 15 is 0 Å². The van der Waals surface area contributed by atoms with Crippen molar-refractivity contribution in [2.45, 2.75) is 38.5 Å². The second-order valence-electron chi connectivity index (χ2n) is 6.22. The molecule has 114 valence electrons. The van der Waals surface area contributed by atoms with Gasteiger partial charge in [-0.15, -0.1) is 0 Å². The molecule has 1 aromatic heterocycles. The Morgan fingerprint density at radius 3 is 3.05 bits per heavy atom. The number of hydrogen-bond donors (Lipinski definition) is 0. The highest BCUT2D eigenvalue weighted by Gasteiger charge is 2.29. The number of pyridine rings is 1. The third-order valence-corrected chi connectivity index (χ3v) is 4.59. The number of carbonyl (C=O) groups excluding carboxylic acids is 1. The fourth-order valence-electron chi connectivity index (χ4n) is 3.45. The molecule has 21 heavy (non-hydrogen) atoms. The second kappa shape index (κ2) is 6.56. The van der Waals surface area contributed by atoms with E-state index in [1.807, 2.05) is 4.90 Å². The first-order valence-corrected chi connectivity index (χ1v) is 8.00. The normalized spacial score (nSPS) is 21.7. The molecule has 0 spiro atoms. The monoisotopic (exact) mass is 288 g/mol. The maximum atomic E-state index is 12.0. The van der Waals surface area contributed by atoms with Gasteiger partial charge in [-0.3, -0.25) is 9.78 Å². The van der Waals surface area contributed by atoms with Crippen molar-refractivity contribution in [1.29, 1.82) is 0 Å². The first kappa shape index (κ1) is 14.5. The standard InChI is InChI=1S/C17H24N2O2/c1-21-9-8-19-12-13(11-17(19)20)10-15-7-6-14-4-2-3-5-16(14)18-15/h6-7,13H,2-5,8-12H2,1H3/t13-/m1/s1. The molecule has 1 saturated heterocycles. The lowest BCUT2D eigenvalue weighted by Crippen LogP contribution is -2.29. The molecule has 0 radical (unpaired) electrons. The van der Waals surface area contributed by atoms with Gasteiger partial charge in [-0.25, -0.2) is 0 Å². The number of methoxy groups -OCH3 is 1. The van der Waals surface area contributed by atoms with Crippen molar-refractivity contribution < 1.29 is 9.53 Å². The summed E-state index contributed by atoms with van der Waals surface area (Å²) < 4.78 is 5.06. The van der Waals surface area contributed by atoms with E-state index in [-0.39, 0.29) is 5.91 Å². The SMILES string of the molecule is COCCN1C[C@H](Cc2ccc3c(n2)CCCC3)CC1=O. The molecule has 1 fully saturated rings. The molecule has 0 bridgehead atoms. The van der Waals surface area contributed by atoms with Crippen LogP contribution >= 0.6 is 0 Å². The van der Waals surface area contributed by atoms with Gasteiger partial charge < -0.3 is 9.64 Å². The lowest BCUT2D eigenvalue weighted by molar-refractivity contribution is -0.128. The topological polar surface area (TPSA) is 42.4 Å². The Hall–Kier alpha value is -1.42. The van der Waals surface area contributed by atoms with E-state index in [4.69, 9.17) is 9.72 Å². The molecule has 2 aliphatic rings. The zero-order valence-corrected chi connectivity index (χ0v) is 12.8.